The monoisotopic (exact) mass is 310 g/mol. The molecule has 0 aliphatic rings. The lowest BCUT2D eigenvalue weighted by atomic mass is 10.3. The van der Waals surface area contributed by atoms with Gasteiger partial charge in [0.2, 0.25) is 0 Å². The van der Waals surface area contributed by atoms with Crippen LogP contribution in [0.1, 0.15) is 11.9 Å². The Kier molecular flexibility index (Phi) is 5.08. The predicted molar refractivity (Wildman–Crippen MR) is 78.7 cm³/mol. The number of halogens is 1. The molecule has 0 saturated heterocycles. The van der Waals surface area contributed by atoms with Crippen molar-refractivity contribution >= 4 is 23.3 Å². The normalized spacial score (nSPS) is 11.8. The summed E-state index contributed by atoms with van der Waals surface area (Å²) in [5.41, 5.74) is 0.447. The summed E-state index contributed by atoms with van der Waals surface area (Å²) >= 11 is 6.01. The van der Waals surface area contributed by atoms with Gasteiger partial charge in [0.15, 0.2) is 0 Å². The van der Waals surface area contributed by atoms with Gasteiger partial charge in [0.25, 0.3) is 0 Å². The van der Waals surface area contributed by atoms with Crippen molar-refractivity contribution in [2.75, 3.05) is 19.0 Å². The molecule has 0 fully saturated rings. The van der Waals surface area contributed by atoms with E-state index in [9.17, 15) is 9.90 Å². The van der Waals surface area contributed by atoms with E-state index in [-0.39, 0.29) is 6.54 Å². The molecule has 0 saturated carbocycles. The summed E-state index contributed by atoms with van der Waals surface area (Å²) in [5, 5.41) is 15.2. The standard InChI is InChI=1S/C14H15ClN2O4/c1-20-9-4-5-11(10(15)7-9)17-14(19)16-8-12(18)13-3-2-6-21-13/h2-7,12,18H,8H2,1H3,(H2,16,17,19). The summed E-state index contributed by atoms with van der Waals surface area (Å²) in [7, 11) is 1.53. The Balaban J connectivity index is 1.87. The molecule has 0 bridgehead atoms. The Morgan fingerprint density at radius 1 is 1.48 bits per heavy atom. The molecular formula is C14H15ClN2O4. The van der Waals surface area contributed by atoms with Gasteiger partial charge < -0.3 is 24.9 Å². The Bertz CT molecular complexity index is 601. The second kappa shape index (κ2) is 7.01. The van der Waals surface area contributed by atoms with Gasteiger partial charge >= 0.3 is 6.03 Å². The summed E-state index contributed by atoms with van der Waals surface area (Å²) < 4.78 is 10.1. The molecule has 2 rings (SSSR count). The molecule has 1 aromatic heterocycles. The van der Waals surface area contributed by atoms with E-state index in [1.807, 2.05) is 0 Å². The molecule has 3 N–H and O–H groups in total. The molecule has 6 nitrogen and oxygen atoms in total. The van der Waals surface area contributed by atoms with E-state index in [2.05, 4.69) is 10.6 Å². The maximum absolute atomic E-state index is 11.7. The molecule has 112 valence electrons. The predicted octanol–water partition coefficient (Wildman–Crippen LogP) is 2.80. The van der Waals surface area contributed by atoms with Crippen LogP contribution in [0.3, 0.4) is 0 Å². The minimum atomic E-state index is -0.905. The van der Waals surface area contributed by atoms with Crippen molar-refractivity contribution < 1.29 is 19.1 Å². The Morgan fingerprint density at radius 3 is 2.90 bits per heavy atom. The zero-order valence-electron chi connectivity index (χ0n) is 11.3. The molecule has 1 unspecified atom stereocenters. The van der Waals surface area contributed by atoms with Crippen LogP contribution in [0, 0.1) is 0 Å². The fraction of sp³-hybridized carbons (Fsp3) is 0.214. The number of aliphatic hydroxyl groups excluding tert-OH is 1. The summed E-state index contributed by atoms with van der Waals surface area (Å²) in [4.78, 5) is 11.7. The van der Waals surface area contributed by atoms with Crippen molar-refractivity contribution in [3.63, 3.8) is 0 Å². The number of carbonyl (C=O) groups is 1. The lowest BCUT2D eigenvalue weighted by Gasteiger charge is -2.12. The van der Waals surface area contributed by atoms with E-state index in [1.54, 1.807) is 30.3 Å². The van der Waals surface area contributed by atoms with Gasteiger partial charge in [-0.1, -0.05) is 11.6 Å². The van der Waals surface area contributed by atoms with Crippen LogP contribution in [0.4, 0.5) is 10.5 Å². The van der Waals surface area contributed by atoms with E-state index >= 15 is 0 Å². The van der Waals surface area contributed by atoms with Crippen molar-refractivity contribution in [2.24, 2.45) is 0 Å². The first-order chi connectivity index (χ1) is 10.1. The fourth-order valence-electron chi connectivity index (χ4n) is 1.66. The summed E-state index contributed by atoms with van der Waals surface area (Å²) in [6.45, 7) is 0.0210. The van der Waals surface area contributed by atoms with Gasteiger partial charge in [0, 0.05) is 6.07 Å². The lowest BCUT2D eigenvalue weighted by molar-refractivity contribution is 0.149. The first-order valence-electron chi connectivity index (χ1n) is 6.20. The number of methoxy groups -OCH3 is 1. The molecule has 0 radical (unpaired) electrons. The van der Waals surface area contributed by atoms with Crippen LogP contribution in [-0.4, -0.2) is 24.8 Å². The van der Waals surface area contributed by atoms with Gasteiger partial charge in [-0.25, -0.2) is 4.79 Å². The largest absolute Gasteiger partial charge is 0.497 e. The molecule has 0 aliphatic heterocycles. The average molecular weight is 311 g/mol. The van der Waals surface area contributed by atoms with Crippen molar-refractivity contribution in [3.05, 3.63) is 47.4 Å². The molecule has 0 aliphatic carbocycles. The van der Waals surface area contributed by atoms with Crippen molar-refractivity contribution in [2.45, 2.75) is 6.10 Å². The molecule has 2 aromatic rings. The molecule has 0 spiro atoms. The van der Waals surface area contributed by atoms with Gasteiger partial charge in [-0.2, -0.15) is 0 Å². The summed E-state index contributed by atoms with van der Waals surface area (Å²) in [5.74, 6) is 0.983. The Hall–Kier alpha value is -2.18. The molecule has 2 amide bonds. The third-order valence-electron chi connectivity index (χ3n) is 2.75. The molecular weight excluding hydrogens is 296 g/mol. The maximum Gasteiger partial charge on any atom is 0.319 e. The number of anilines is 1. The molecule has 1 heterocycles. The second-order valence-corrected chi connectivity index (χ2v) is 4.62. The van der Waals surface area contributed by atoms with Crippen LogP contribution in [-0.2, 0) is 0 Å². The summed E-state index contributed by atoms with van der Waals surface area (Å²) in [6, 6.07) is 7.71. The lowest BCUT2D eigenvalue weighted by Crippen LogP contribution is -2.32. The van der Waals surface area contributed by atoms with Gasteiger partial charge in [0.05, 0.1) is 30.6 Å². The third-order valence-corrected chi connectivity index (χ3v) is 3.06. The van der Waals surface area contributed by atoms with E-state index in [1.165, 1.54) is 13.4 Å². The Labute approximate surface area is 126 Å². The molecule has 1 aromatic carbocycles. The number of hydrogen-bond donors (Lipinski definition) is 3. The zero-order chi connectivity index (χ0) is 15.2. The molecule has 1 atom stereocenters. The minimum absolute atomic E-state index is 0.0210. The number of benzene rings is 1. The third kappa shape index (κ3) is 4.14. The number of furan rings is 1. The summed E-state index contributed by atoms with van der Waals surface area (Å²) in [6.07, 6.45) is 0.549. The van der Waals surface area contributed by atoms with Gasteiger partial charge in [-0.3, -0.25) is 0 Å². The van der Waals surface area contributed by atoms with Gasteiger partial charge in [-0.05, 0) is 24.3 Å². The second-order valence-electron chi connectivity index (χ2n) is 4.21. The average Bonchev–Trinajstić information content (AvgIpc) is 3.01. The first-order valence-corrected chi connectivity index (χ1v) is 6.58. The number of aliphatic hydroxyl groups is 1. The van der Waals surface area contributed by atoms with Crippen LogP contribution in [0.15, 0.2) is 41.0 Å². The van der Waals surface area contributed by atoms with Crippen LogP contribution >= 0.6 is 11.6 Å². The highest BCUT2D eigenvalue weighted by Crippen LogP contribution is 2.26. The van der Waals surface area contributed by atoms with Crippen LogP contribution in [0.5, 0.6) is 5.75 Å². The number of urea groups is 1. The Morgan fingerprint density at radius 2 is 2.29 bits per heavy atom. The number of rotatable bonds is 5. The highest BCUT2D eigenvalue weighted by Gasteiger charge is 2.12. The number of carbonyl (C=O) groups excluding carboxylic acids is 1. The highest BCUT2D eigenvalue weighted by atomic mass is 35.5. The SMILES string of the molecule is COc1ccc(NC(=O)NCC(O)c2ccco2)c(Cl)c1. The van der Waals surface area contributed by atoms with E-state index < -0.39 is 12.1 Å². The van der Waals surface area contributed by atoms with E-state index in [0.29, 0.717) is 22.2 Å². The smallest absolute Gasteiger partial charge is 0.319 e. The number of nitrogens with one attached hydrogen (secondary N) is 2. The minimum Gasteiger partial charge on any atom is -0.497 e. The van der Waals surface area contributed by atoms with Gasteiger partial charge in [-0.15, -0.1) is 0 Å². The molecule has 7 heteroatoms. The highest BCUT2D eigenvalue weighted by molar-refractivity contribution is 6.33. The quantitative estimate of drug-likeness (QED) is 0.793. The number of hydrogen-bond acceptors (Lipinski definition) is 4. The van der Waals surface area contributed by atoms with Crippen LogP contribution in [0.25, 0.3) is 0 Å². The van der Waals surface area contributed by atoms with Crippen molar-refractivity contribution in [1.82, 2.24) is 5.32 Å². The first kappa shape index (κ1) is 15.2. The molecule has 21 heavy (non-hydrogen) atoms. The van der Waals surface area contributed by atoms with Gasteiger partial charge in [0.1, 0.15) is 17.6 Å². The topological polar surface area (TPSA) is 83.7 Å². The fourth-order valence-corrected chi connectivity index (χ4v) is 1.88. The maximum atomic E-state index is 11.7. The van der Waals surface area contributed by atoms with E-state index in [0.717, 1.165) is 0 Å². The van der Waals surface area contributed by atoms with Crippen LogP contribution in [0.2, 0.25) is 5.02 Å². The number of amides is 2. The van der Waals surface area contributed by atoms with Crippen LogP contribution < -0.4 is 15.4 Å². The van der Waals surface area contributed by atoms with Crippen molar-refractivity contribution in [3.8, 4) is 5.75 Å². The zero-order valence-corrected chi connectivity index (χ0v) is 12.1. The van der Waals surface area contributed by atoms with E-state index in [4.69, 9.17) is 20.8 Å². The van der Waals surface area contributed by atoms with Crippen molar-refractivity contribution in [1.29, 1.82) is 0 Å². The number of ether oxygens (including phenoxy) is 1.